The summed E-state index contributed by atoms with van der Waals surface area (Å²) in [5.74, 6) is 3.17. The lowest BCUT2D eigenvalue weighted by Gasteiger charge is -2.23. The monoisotopic (exact) mass is 220 g/mol. The average Bonchev–Trinajstić information content (AvgIpc) is 2.99. The van der Waals surface area contributed by atoms with Crippen LogP contribution >= 0.6 is 0 Å². The van der Waals surface area contributed by atoms with Crippen LogP contribution in [-0.2, 0) is 0 Å². The lowest BCUT2D eigenvalue weighted by molar-refractivity contribution is 0.696. The number of rotatable bonds is 5. The van der Waals surface area contributed by atoms with Crippen LogP contribution in [0.1, 0.15) is 32.0 Å². The highest BCUT2D eigenvalue weighted by atomic mass is 15.2. The summed E-state index contributed by atoms with van der Waals surface area (Å²) in [4.78, 5) is 10.9. The Labute approximate surface area is 96.9 Å². The van der Waals surface area contributed by atoms with Gasteiger partial charge in [-0.1, -0.05) is 6.92 Å². The molecule has 4 nitrogen and oxygen atoms in total. The van der Waals surface area contributed by atoms with Crippen LogP contribution in [0.3, 0.4) is 0 Å². The maximum absolute atomic E-state index is 5.76. The lowest BCUT2D eigenvalue weighted by Crippen LogP contribution is -2.27. The molecule has 0 aliphatic heterocycles. The van der Waals surface area contributed by atoms with Crippen molar-refractivity contribution in [2.24, 2.45) is 5.92 Å². The van der Waals surface area contributed by atoms with E-state index in [1.165, 1.54) is 12.8 Å². The maximum atomic E-state index is 5.76. The second-order valence-corrected chi connectivity index (χ2v) is 4.59. The molecule has 0 atom stereocenters. The minimum atomic E-state index is 0.569. The number of aryl methyl sites for hydroxylation is 1. The van der Waals surface area contributed by atoms with E-state index in [0.717, 1.165) is 37.1 Å². The van der Waals surface area contributed by atoms with Gasteiger partial charge < -0.3 is 10.6 Å². The number of nitrogen functional groups attached to an aromatic ring is 1. The highest BCUT2D eigenvalue weighted by Crippen LogP contribution is 2.31. The third kappa shape index (κ3) is 2.84. The third-order valence-electron chi connectivity index (χ3n) is 2.84. The van der Waals surface area contributed by atoms with Gasteiger partial charge in [0.2, 0.25) is 0 Å². The van der Waals surface area contributed by atoms with Crippen molar-refractivity contribution < 1.29 is 0 Å². The van der Waals surface area contributed by atoms with Gasteiger partial charge in [0.1, 0.15) is 17.5 Å². The molecule has 0 radical (unpaired) electrons. The molecule has 1 aliphatic rings. The van der Waals surface area contributed by atoms with Crippen molar-refractivity contribution in [2.45, 2.75) is 33.1 Å². The van der Waals surface area contributed by atoms with E-state index in [-0.39, 0.29) is 0 Å². The number of hydrogen-bond donors (Lipinski definition) is 1. The van der Waals surface area contributed by atoms with E-state index in [1.54, 1.807) is 0 Å². The summed E-state index contributed by atoms with van der Waals surface area (Å²) >= 11 is 0. The van der Waals surface area contributed by atoms with Crippen LogP contribution in [0.4, 0.5) is 11.6 Å². The summed E-state index contributed by atoms with van der Waals surface area (Å²) in [6, 6.07) is 1.88. The van der Waals surface area contributed by atoms with Crippen molar-refractivity contribution in [1.29, 1.82) is 0 Å². The van der Waals surface area contributed by atoms with Gasteiger partial charge in [-0.05, 0) is 32.1 Å². The molecule has 0 bridgehead atoms. The standard InChI is InChI=1S/C12H20N4/c1-3-6-16(8-10-4-5-10)12-7-11(13)14-9(2)15-12/h7,10H,3-6,8H2,1-2H3,(H2,13,14,15). The molecule has 0 aromatic carbocycles. The summed E-state index contributed by atoms with van der Waals surface area (Å²) in [5, 5.41) is 0. The first kappa shape index (κ1) is 11.2. The van der Waals surface area contributed by atoms with Crippen molar-refractivity contribution in [3.8, 4) is 0 Å². The normalized spacial score (nSPS) is 15.1. The molecule has 1 aromatic heterocycles. The fourth-order valence-electron chi connectivity index (χ4n) is 1.92. The van der Waals surface area contributed by atoms with Crippen molar-refractivity contribution in [3.63, 3.8) is 0 Å². The molecule has 2 rings (SSSR count). The first-order valence-corrected chi connectivity index (χ1v) is 6.05. The van der Waals surface area contributed by atoms with Gasteiger partial charge in [-0.15, -0.1) is 0 Å². The Morgan fingerprint density at radius 2 is 2.19 bits per heavy atom. The van der Waals surface area contributed by atoms with Crippen molar-refractivity contribution in [2.75, 3.05) is 23.7 Å². The Morgan fingerprint density at radius 1 is 1.44 bits per heavy atom. The van der Waals surface area contributed by atoms with Gasteiger partial charge in [0.25, 0.3) is 0 Å². The fourth-order valence-corrected chi connectivity index (χ4v) is 1.92. The topological polar surface area (TPSA) is 55.0 Å². The van der Waals surface area contributed by atoms with E-state index in [0.29, 0.717) is 5.82 Å². The maximum Gasteiger partial charge on any atom is 0.134 e. The molecule has 1 aromatic rings. The highest BCUT2D eigenvalue weighted by molar-refractivity contribution is 5.47. The largest absolute Gasteiger partial charge is 0.384 e. The molecule has 1 aliphatic carbocycles. The zero-order valence-corrected chi connectivity index (χ0v) is 10.1. The number of aromatic nitrogens is 2. The minimum Gasteiger partial charge on any atom is -0.384 e. The fraction of sp³-hybridized carbons (Fsp3) is 0.667. The molecule has 0 saturated heterocycles. The molecule has 0 amide bonds. The van der Waals surface area contributed by atoms with Crippen LogP contribution in [0.25, 0.3) is 0 Å². The van der Waals surface area contributed by atoms with Crippen molar-refractivity contribution >= 4 is 11.6 Å². The molecule has 2 N–H and O–H groups in total. The van der Waals surface area contributed by atoms with Gasteiger partial charge in [0.15, 0.2) is 0 Å². The summed E-state index contributed by atoms with van der Waals surface area (Å²) in [5.41, 5.74) is 5.76. The lowest BCUT2D eigenvalue weighted by atomic mass is 10.3. The third-order valence-corrected chi connectivity index (χ3v) is 2.84. The molecule has 0 unspecified atom stereocenters. The molecule has 1 fully saturated rings. The van der Waals surface area contributed by atoms with E-state index < -0.39 is 0 Å². The molecule has 4 heteroatoms. The van der Waals surface area contributed by atoms with Crippen LogP contribution < -0.4 is 10.6 Å². The summed E-state index contributed by atoms with van der Waals surface area (Å²) in [7, 11) is 0. The van der Waals surface area contributed by atoms with Crippen LogP contribution in [0.15, 0.2) is 6.07 Å². The minimum absolute atomic E-state index is 0.569. The van der Waals surface area contributed by atoms with Gasteiger partial charge in [0.05, 0.1) is 0 Å². The SMILES string of the molecule is CCCN(CC1CC1)c1cc(N)nc(C)n1. The molecule has 1 saturated carbocycles. The van der Waals surface area contributed by atoms with Gasteiger partial charge in [0, 0.05) is 19.2 Å². The number of nitrogens with zero attached hydrogens (tertiary/aromatic N) is 3. The van der Waals surface area contributed by atoms with Gasteiger partial charge in [-0.2, -0.15) is 0 Å². The van der Waals surface area contributed by atoms with Crippen LogP contribution in [0, 0.1) is 12.8 Å². The molecule has 16 heavy (non-hydrogen) atoms. The zero-order valence-electron chi connectivity index (χ0n) is 10.1. The van der Waals surface area contributed by atoms with Gasteiger partial charge >= 0.3 is 0 Å². The molecular formula is C12H20N4. The Balaban J connectivity index is 2.15. The average molecular weight is 220 g/mol. The van der Waals surface area contributed by atoms with Gasteiger partial charge in [-0.3, -0.25) is 0 Å². The van der Waals surface area contributed by atoms with E-state index in [2.05, 4.69) is 21.8 Å². The van der Waals surface area contributed by atoms with E-state index >= 15 is 0 Å². The number of anilines is 2. The molecule has 88 valence electrons. The Kier molecular flexibility index (Phi) is 3.27. The molecule has 1 heterocycles. The summed E-state index contributed by atoms with van der Waals surface area (Å²) in [6.45, 7) is 6.24. The Bertz CT molecular complexity index is 340. The smallest absolute Gasteiger partial charge is 0.134 e. The summed E-state index contributed by atoms with van der Waals surface area (Å²) in [6.07, 6.45) is 3.86. The highest BCUT2D eigenvalue weighted by Gasteiger charge is 2.24. The Hall–Kier alpha value is -1.32. The predicted molar refractivity (Wildman–Crippen MR) is 66.4 cm³/mol. The van der Waals surface area contributed by atoms with Crippen LogP contribution in [0.2, 0.25) is 0 Å². The first-order valence-electron chi connectivity index (χ1n) is 6.05. The summed E-state index contributed by atoms with van der Waals surface area (Å²) < 4.78 is 0. The van der Waals surface area contributed by atoms with E-state index in [9.17, 15) is 0 Å². The Morgan fingerprint density at radius 3 is 2.75 bits per heavy atom. The predicted octanol–water partition coefficient (Wildman–Crippen LogP) is 1.99. The van der Waals surface area contributed by atoms with Crippen LogP contribution in [0.5, 0.6) is 0 Å². The van der Waals surface area contributed by atoms with Crippen molar-refractivity contribution in [3.05, 3.63) is 11.9 Å². The number of hydrogen-bond acceptors (Lipinski definition) is 4. The van der Waals surface area contributed by atoms with E-state index in [4.69, 9.17) is 5.73 Å². The number of nitrogens with two attached hydrogens (primary N) is 1. The van der Waals surface area contributed by atoms with E-state index in [1.807, 2.05) is 13.0 Å². The first-order chi connectivity index (χ1) is 7.69. The zero-order chi connectivity index (χ0) is 11.5. The van der Waals surface area contributed by atoms with Gasteiger partial charge in [-0.25, -0.2) is 9.97 Å². The second-order valence-electron chi connectivity index (χ2n) is 4.59. The quantitative estimate of drug-likeness (QED) is 0.824. The molecule has 0 spiro atoms. The second kappa shape index (κ2) is 4.68. The molecular weight excluding hydrogens is 200 g/mol. The van der Waals surface area contributed by atoms with Crippen LogP contribution in [-0.4, -0.2) is 23.1 Å². The van der Waals surface area contributed by atoms with Crippen molar-refractivity contribution in [1.82, 2.24) is 9.97 Å².